The van der Waals surface area contributed by atoms with E-state index >= 15 is 0 Å². The lowest BCUT2D eigenvalue weighted by molar-refractivity contribution is -0.117. The number of nitrogens with zero attached hydrogens (tertiary/aromatic N) is 2. The minimum Gasteiger partial charge on any atom is -0.493 e. The lowest BCUT2D eigenvalue weighted by Crippen LogP contribution is -2.20. The number of benzene rings is 1. The molecule has 2 aromatic heterocycles. The van der Waals surface area contributed by atoms with Crippen molar-refractivity contribution in [2.24, 2.45) is 11.8 Å². The molecular formula is C25H27N3O6S. The quantitative estimate of drug-likeness (QED) is 0.349. The Labute approximate surface area is 207 Å². The second kappa shape index (κ2) is 9.91. The average molecular weight is 498 g/mol. The van der Waals surface area contributed by atoms with Crippen LogP contribution in [0.4, 0.5) is 5.69 Å². The summed E-state index contributed by atoms with van der Waals surface area (Å²) in [6, 6.07) is 4.71. The van der Waals surface area contributed by atoms with Crippen molar-refractivity contribution in [1.29, 1.82) is 0 Å². The van der Waals surface area contributed by atoms with E-state index in [1.165, 1.54) is 37.7 Å². The summed E-state index contributed by atoms with van der Waals surface area (Å²) in [5.74, 6) is -0.415. The Morgan fingerprint density at radius 3 is 2.40 bits per heavy atom. The molecule has 1 amide bonds. The van der Waals surface area contributed by atoms with Gasteiger partial charge < -0.3 is 19.5 Å². The summed E-state index contributed by atoms with van der Waals surface area (Å²) in [6.07, 6.45) is 2.50. The van der Waals surface area contributed by atoms with E-state index in [0.29, 0.717) is 23.0 Å². The number of aromatic nitrogens is 2. The zero-order valence-corrected chi connectivity index (χ0v) is 21.0. The Morgan fingerprint density at radius 1 is 1.11 bits per heavy atom. The number of amides is 1. The molecule has 0 aliphatic heterocycles. The topological polar surface area (TPSA) is 109 Å². The summed E-state index contributed by atoms with van der Waals surface area (Å²) in [5, 5.41) is 5.41. The predicted molar refractivity (Wildman–Crippen MR) is 131 cm³/mol. The molecule has 0 bridgehead atoms. The highest BCUT2D eigenvalue weighted by Gasteiger charge is 2.39. The number of rotatable bonds is 9. The summed E-state index contributed by atoms with van der Waals surface area (Å²) >= 11 is 1.46. The maximum absolute atomic E-state index is 13.0. The Balaban J connectivity index is 1.54. The van der Waals surface area contributed by atoms with Crippen LogP contribution in [0.15, 0.2) is 29.8 Å². The van der Waals surface area contributed by atoms with Gasteiger partial charge in [-0.1, -0.05) is 6.92 Å². The first-order chi connectivity index (χ1) is 16.7. The molecule has 3 aromatic rings. The molecule has 0 spiro atoms. The van der Waals surface area contributed by atoms with Crippen molar-refractivity contribution in [2.75, 3.05) is 26.1 Å². The lowest BCUT2D eigenvalue weighted by atomic mass is 10.1. The number of ketones is 1. The van der Waals surface area contributed by atoms with Gasteiger partial charge in [-0.25, -0.2) is 9.78 Å². The van der Waals surface area contributed by atoms with Gasteiger partial charge in [0.1, 0.15) is 0 Å². The number of carbonyl (C=O) groups is 3. The molecule has 4 rings (SSSR count). The second-order valence-corrected chi connectivity index (χ2v) is 9.37. The predicted octanol–water partition coefficient (Wildman–Crippen LogP) is 4.20. The van der Waals surface area contributed by atoms with Crippen molar-refractivity contribution in [2.45, 2.75) is 27.2 Å². The van der Waals surface area contributed by atoms with Crippen LogP contribution in [-0.2, 0) is 9.53 Å². The fourth-order valence-electron chi connectivity index (χ4n) is 4.02. The molecule has 1 aliphatic rings. The number of carbonyl (C=O) groups excluding carboxylic acids is 3. The molecule has 2 unspecified atom stereocenters. The third-order valence-corrected chi connectivity index (χ3v) is 6.88. The van der Waals surface area contributed by atoms with Crippen molar-refractivity contribution in [3.63, 3.8) is 0 Å². The van der Waals surface area contributed by atoms with Gasteiger partial charge in [0.05, 0.1) is 25.5 Å². The number of thiazole rings is 1. The molecule has 0 saturated heterocycles. The summed E-state index contributed by atoms with van der Waals surface area (Å²) in [4.78, 5) is 42.8. The van der Waals surface area contributed by atoms with E-state index in [2.05, 4.69) is 10.3 Å². The van der Waals surface area contributed by atoms with Gasteiger partial charge in [-0.3, -0.25) is 14.2 Å². The van der Waals surface area contributed by atoms with Gasteiger partial charge in [0.2, 0.25) is 11.7 Å². The van der Waals surface area contributed by atoms with Crippen LogP contribution >= 0.6 is 11.3 Å². The first-order valence-electron chi connectivity index (χ1n) is 11.1. The summed E-state index contributed by atoms with van der Waals surface area (Å²) in [5.41, 5.74) is 2.34. The summed E-state index contributed by atoms with van der Waals surface area (Å²) < 4.78 is 17.9. The summed E-state index contributed by atoms with van der Waals surface area (Å²) in [6.45, 7) is 5.24. The monoisotopic (exact) mass is 497 g/mol. The molecule has 10 heteroatoms. The van der Waals surface area contributed by atoms with E-state index in [1.807, 2.05) is 30.7 Å². The SMILES string of the molecule is COc1cc(NC(=O)C2CC2C)c(C(=O)OCC(=O)c2cc(C)n(-c3nccs3)c2C)cc1OC. The number of ether oxygens (including phenoxy) is 3. The van der Waals surface area contributed by atoms with Crippen LogP contribution in [0.25, 0.3) is 5.13 Å². The molecule has 0 radical (unpaired) electrons. The fourth-order valence-corrected chi connectivity index (χ4v) is 4.77. The number of hydrogen-bond donors (Lipinski definition) is 1. The largest absolute Gasteiger partial charge is 0.493 e. The van der Waals surface area contributed by atoms with Gasteiger partial charge in [-0.15, -0.1) is 11.3 Å². The first kappa shape index (κ1) is 24.5. The van der Waals surface area contributed by atoms with Crippen LogP contribution in [0.1, 0.15) is 45.4 Å². The molecule has 2 atom stereocenters. The van der Waals surface area contributed by atoms with E-state index < -0.39 is 12.6 Å². The first-order valence-corrected chi connectivity index (χ1v) is 12.0. The van der Waals surface area contributed by atoms with Crippen LogP contribution in [0.2, 0.25) is 0 Å². The van der Waals surface area contributed by atoms with E-state index in [1.54, 1.807) is 12.3 Å². The highest BCUT2D eigenvalue weighted by molar-refractivity contribution is 7.12. The Hall–Kier alpha value is -3.66. The van der Waals surface area contributed by atoms with Crippen LogP contribution < -0.4 is 14.8 Å². The maximum atomic E-state index is 13.0. The molecule has 1 saturated carbocycles. The van der Waals surface area contributed by atoms with E-state index in [9.17, 15) is 14.4 Å². The Bertz CT molecular complexity index is 1280. The van der Waals surface area contributed by atoms with Gasteiger partial charge in [0.25, 0.3) is 0 Å². The number of aryl methyl sites for hydroxylation is 1. The molecule has 1 aliphatic carbocycles. The smallest absolute Gasteiger partial charge is 0.340 e. The third-order valence-electron chi connectivity index (χ3n) is 6.12. The minimum absolute atomic E-state index is 0.0744. The Morgan fingerprint density at radius 2 is 1.80 bits per heavy atom. The van der Waals surface area contributed by atoms with Crippen molar-refractivity contribution >= 4 is 34.7 Å². The van der Waals surface area contributed by atoms with Gasteiger partial charge in [0, 0.05) is 46.6 Å². The minimum atomic E-state index is -0.757. The third kappa shape index (κ3) is 4.93. The standard InChI is InChI=1S/C25H27N3O6S/c1-13-8-16(13)23(30)27-19-11-22(33-5)21(32-4)10-18(19)24(31)34-12-20(29)17-9-14(2)28(15(17)3)25-26-6-7-35-25/h6-7,9-11,13,16H,8,12H2,1-5H3,(H,27,30). The molecule has 35 heavy (non-hydrogen) atoms. The fraction of sp³-hybridized carbons (Fsp3) is 0.360. The molecule has 184 valence electrons. The zero-order valence-electron chi connectivity index (χ0n) is 20.2. The number of anilines is 1. The number of methoxy groups -OCH3 is 2. The van der Waals surface area contributed by atoms with Crippen molar-refractivity contribution in [3.05, 3.63) is 52.3 Å². The molecular weight excluding hydrogens is 470 g/mol. The van der Waals surface area contributed by atoms with Crippen LogP contribution in [0.5, 0.6) is 11.5 Å². The number of hydrogen-bond acceptors (Lipinski definition) is 8. The average Bonchev–Trinajstić information content (AvgIpc) is 3.21. The van der Waals surface area contributed by atoms with Crippen molar-refractivity contribution in [1.82, 2.24) is 9.55 Å². The lowest BCUT2D eigenvalue weighted by Gasteiger charge is -2.15. The van der Waals surface area contributed by atoms with Crippen LogP contribution in [-0.4, -0.2) is 48.0 Å². The van der Waals surface area contributed by atoms with Crippen LogP contribution in [0, 0.1) is 25.7 Å². The van der Waals surface area contributed by atoms with Gasteiger partial charge >= 0.3 is 5.97 Å². The van der Waals surface area contributed by atoms with E-state index in [0.717, 1.165) is 22.9 Å². The summed E-state index contributed by atoms with van der Waals surface area (Å²) in [7, 11) is 2.91. The number of nitrogens with one attached hydrogen (secondary N) is 1. The normalized spacial score (nSPS) is 16.5. The molecule has 1 aromatic carbocycles. The maximum Gasteiger partial charge on any atom is 0.340 e. The highest BCUT2D eigenvalue weighted by atomic mass is 32.1. The van der Waals surface area contributed by atoms with Gasteiger partial charge in [0.15, 0.2) is 23.2 Å². The second-order valence-electron chi connectivity index (χ2n) is 8.50. The molecule has 1 N–H and O–H groups in total. The zero-order chi connectivity index (χ0) is 25.3. The van der Waals surface area contributed by atoms with Gasteiger partial charge in [-0.2, -0.15) is 0 Å². The Kier molecular flexibility index (Phi) is 6.93. The van der Waals surface area contributed by atoms with Crippen LogP contribution in [0.3, 0.4) is 0 Å². The molecule has 2 heterocycles. The molecule has 9 nitrogen and oxygen atoms in total. The van der Waals surface area contributed by atoms with Crippen molar-refractivity contribution < 1.29 is 28.6 Å². The van der Waals surface area contributed by atoms with E-state index in [4.69, 9.17) is 14.2 Å². The van der Waals surface area contributed by atoms with Crippen molar-refractivity contribution in [3.8, 4) is 16.6 Å². The van der Waals surface area contributed by atoms with Gasteiger partial charge in [-0.05, 0) is 32.3 Å². The number of Topliss-reactive ketones (excluding diaryl/α,β-unsaturated/α-hetero) is 1. The molecule has 1 fully saturated rings. The highest BCUT2D eigenvalue weighted by Crippen LogP contribution is 2.40. The number of esters is 1. The van der Waals surface area contributed by atoms with E-state index in [-0.39, 0.29) is 28.9 Å².